The maximum Gasteiger partial charge on any atom is 0.0409 e. The summed E-state index contributed by atoms with van der Waals surface area (Å²) in [6.07, 6.45) is 10.5. The SMILES string of the molecule is NC1(c2ccc(SC3CCCC3)cc2)CCCC1. The highest BCUT2D eigenvalue weighted by atomic mass is 32.2. The first kappa shape index (κ1) is 12.6. The standard InChI is InChI=1S/C16H23NS/c17-16(11-3-4-12-16)13-7-9-15(10-8-13)18-14-5-1-2-6-14/h7-10,14H,1-6,11-12,17H2. The number of hydrogen-bond acceptors (Lipinski definition) is 2. The summed E-state index contributed by atoms with van der Waals surface area (Å²) < 4.78 is 0. The molecule has 18 heavy (non-hydrogen) atoms. The average molecular weight is 261 g/mol. The van der Waals surface area contributed by atoms with Gasteiger partial charge in [-0.3, -0.25) is 0 Å². The molecule has 2 aliphatic rings. The first-order valence-electron chi connectivity index (χ1n) is 7.32. The van der Waals surface area contributed by atoms with Gasteiger partial charge in [0.05, 0.1) is 0 Å². The monoisotopic (exact) mass is 261 g/mol. The van der Waals surface area contributed by atoms with E-state index >= 15 is 0 Å². The molecule has 1 aromatic carbocycles. The third-order valence-corrected chi connectivity index (χ3v) is 5.88. The summed E-state index contributed by atoms with van der Waals surface area (Å²) in [5.41, 5.74) is 7.80. The second-order valence-electron chi connectivity index (χ2n) is 5.91. The van der Waals surface area contributed by atoms with Crippen LogP contribution in [0.15, 0.2) is 29.2 Å². The van der Waals surface area contributed by atoms with Crippen molar-refractivity contribution in [3.63, 3.8) is 0 Å². The van der Waals surface area contributed by atoms with E-state index in [9.17, 15) is 0 Å². The number of nitrogens with two attached hydrogens (primary N) is 1. The van der Waals surface area contributed by atoms with Crippen molar-refractivity contribution < 1.29 is 0 Å². The highest BCUT2D eigenvalue weighted by molar-refractivity contribution is 8.00. The molecule has 0 heterocycles. The molecule has 0 bridgehead atoms. The van der Waals surface area contributed by atoms with Gasteiger partial charge in [0, 0.05) is 15.7 Å². The fraction of sp³-hybridized carbons (Fsp3) is 0.625. The lowest BCUT2D eigenvalue weighted by molar-refractivity contribution is 0.461. The minimum Gasteiger partial charge on any atom is -0.321 e. The largest absolute Gasteiger partial charge is 0.321 e. The molecule has 0 spiro atoms. The molecule has 2 fully saturated rings. The first-order chi connectivity index (χ1) is 8.76. The zero-order chi connectivity index (χ0) is 12.4. The van der Waals surface area contributed by atoms with E-state index in [1.54, 1.807) is 0 Å². The third kappa shape index (κ3) is 2.60. The third-order valence-electron chi connectivity index (χ3n) is 4.53. The minimum absolute atomic E-state index is 0.0312. The number of benzene rings is 1. The Labute approximate surface area is 115 Å². The van der Waals surface area contributed by atoms with Crippen LogP contribution in [0.2, 0.25) is 0 Å². The summed E-state index contributed by atoms with van der Waals surface area (Å²) in [5, 5.41) is 0.856. The Balaban J connectivity index is 1.68. The number of rotatable bonds is 3. The van der Waals surface area contributed by atoms with Gasteiger partial charge in [0.2, 0.25) is 0 Å². The average Bonchev–Trinajstić information content (AvgIpc) is 3.03. The van der Waals surface area contributed by atoms with Crippen molar-refractivity contribution in [3.05, 3.63) is 29.8 Å². The van der Waals surface area contributed by atoms with Crippen LogP contribution in [0.25, 0.3) is 0 Å². The Morgan fingerprint density at radius 2 is 1.56 bits per heavy atom. The van der Waals surface area contributed by atoms with Crippen molar-refractivity contribution in [2.75, 3.05) is 0 Å². The summed E-state index contributed by atoms with van der Waals surface area (Å²) in [6, 6.07) is 9.10. The van der Waals surface area contributed by atoms with Gasteiger partial charge in [-0.1, -0.05) is 37.8 Å². The lowest BCUT2D eigenvalue weighted by Gasteiger charge is -2.24. The molecule has 0 amide bonds. The molecule has 2 N–H and O–H groups in total. The number of thioether (sulfide) groups is 1. The lowest BCUT2D eigenvalue weighted by atomic mass is 9.90. The fourth-order valence-corrected chi connectivity index (χ4v) is 4.61. The number of hydrogen-bond donors (Lipinski definition) is 1. The molecular formula is C16H23NS. The Bertz CT molecular complexity index is 386. The van der Waals surface area contributed by atoms with Crippen molar-refractivity contribution in [3.8, 4) is 0 Å². The molecule has 0 aromatic heterocycles. The van der Waals surface area contributed by atoms with Crippen LogP contribution in [-0.2, 0) is 5.54 Å². The molecule has 2 heteroatoms. The van der Waals surface area contributed by atoms with Crippen LogP contribution in [0.1, 0.15) is 56.9 Å². The van der Waals surface area contributed by atoms with Crippen molar-refractivity contribution in [1.29, 1.82) is 0 Å². The van der Waals surface area contributed by atoms with Crippen LogP contribution in [0, 0.1) is 0 Å². The predicted molar refractivity (Wildman–Crippen MR) is 78.9 cm³/mol. The second kappa shape index (κ2) is 5.26. The Kier molecular flexibility index (Phi) is 3.67. The highest BCUT2D eigenvalue weighted by Crippen LogP contribution is 2.38. The van der Waals surface area contributed by atoms with Gasteiger partial charge in [-0.25, -0.2) is 0 Å². The van der Waals surface area contributed by atoms with Crippen LogP contribution < -0.4 is 5.73 Å². The van der Waals surface area contributed by atoms with Crippen molar-refractivity contribution in [2.24, 2.45) is 5.73 Å². The predicted octanol–water partition coefficient (Wildman–Crippen LogP) is 4.45. The van der Waals surface area contributed by atoms with Gasteiger partial charge >= 0.3 is 0 Å². The summed E-state index contributed by atoms with van der Waals surface area (Å²) in [7, 11) is 0. The normalized spacial score (nSPS) is 23.6. The van der Waals surface area contributed by atoms with Crippen LogP contribution in [0.4, 0.5) is 0 Å². The molecule has 98 valence electrons. The summed E-state index contributed by atoms with van der Waals surface area (Å²) in [5.74, 6) is 0. The minimum atomic E-state index is -0.0312. The molecule has 0 radical (unpaired) electrons. The molecule has 1 aromatic rings. The fourth-order valence-electron chi connectivity index (χ4n) is 3.36. The van der Waals surface area contributed by atoms with Crippen LogP contribution in [-0.4, -0.2) is 5.25 Å². The second-order valence-corrected chi connectivity index (χ2v) is 7.29. The van der Waals surface area contributed by atoms with Crippen LogP contribution >= 0.6 is 11.8 Å². The van der Waals surface area contributed by atoms with E-state index in [1.807, 2.05) is 0 Å². The topological polar surface area (TPSA) is 26.0 Å². The van der Waals surface area contributed by atoms with E-state index in [2.05, 4.69) is 36.0 Å². The Hall–Kier alpha value is -0.470. The molecule has 2 saturated carbocycles. The van der Waals surface area contributed by atoms with Crippen LogP contribution in [0.3, 0.4) is 0 Å². The zero-order valence-corrected chi connectivity index (χ0v) is 11.8. The van der Waals surface area contributed by atoms with Gasteiger partial charge < -0.3 is 5.73 Å². The summed E-state index contributed by atoms with van der Waals surface area (Å²) in [4.78, 5) is 1.42. The summed E-state index contributed by atoms with van der Waals surface area (Å²) >= 11 is 2.06. The van der Waals surface area contributed by atoms with Crippen molar-refractivity contribution in [2.45, 2.75) is 67.1 Å². The van der Waals surface area contributed by atoms with Gasteiger partial charge in [-0.15, -0.1) is 11.8 Å². The zero-order valence-electron chi connectivity index (χ0n) is 11.0. The van der Waals surface area contributed by atoms with E-state index in [4.69, 9.17) is 5.73 Å². The molecule has 3 rings (SSSR count). The maximum atomic E-state index is 6.49. The van der Waals surface area contributed by atoms with Gasteiger partial charge in [-0.2, -0.15) is 0 Å². The van der Waals surface area contributed by atoms with E-state index in [0.29, 0.717) is 0 Å². The van der Waals surface area contributed by atoms with Crippen LogP contribution in [0.5, 0.6) is 0 Å². The maximum absolute atomic E-state index is 6.49. The Morgan fingerprint density at radius 1 is 0.944 bits per heavy atom. The molecule has 0 aliphatic heterocycles. The van der Waals surface area contributed by atoms with Gasteiger partial charge in [-0.05, 0) is 43.4 Å². The van der Waals surface area contributed by atoms with Crippen molar-refractivity contribution >= 4 is 11.8 Å². The molecular weight excluding hydrogens is 238 g/mol. The molecule has 0 saturated heterocycles. The van der Waals surface area contributed by atoms with E-state index in [-0.39, 0.29) is 5.54 Å². The quantitative estimate of drug-likeness (QED) is 0.870. The van der Waals surface area contributed by atoms with Gasteiger partial charge in [0.1, 0.15) is 0 Å². The van der Waals surface area contributed by atoms with E-state index < -0.39 is 0 Å². The smallest absolute Gasteiger partial charge is 0.0409 e. The summed E-state index contributed by atoms with van der Waals surface area (Å²) in [6.45, 7) is 0. The molecule has 0 unspecified atom stereocenters. The molecule has 0 atom stereocenters. The van der Waals surface area contributed by atoms with Gasteiger partial charge in [0.15, 0.2) is 0 Å². The molecule has 1 nitrogen and oxygen atoms in total. The van der Waals surface area contributed by atoms with Gasteiger partial charge in [0.25, 0.3) is 0 Å². The van der Waals surface area contributed by atoms with E-state index in [0.717, 1.165) is 18.1 Å². The molecule has 2 aliphatic carbocycles. The Morgan fingerprint density at radius 3 is 2.17 bits per heavy atom. The van der Waals surface area contributed by atoms with E-state index in [1.165, 1.54) is 49.0 Å². The first-order valence-corrected chi connectivity index (χ1v) is 8.20. The highest BCUT2D eigenvalue weighted by Gasteiger charge is 2.30. The lowest BCUT2D eigenvalue weighted by Crippen LogP contribution is -2.32. The van der Waals surface area contributed by atoms with Crippen molar-refractivity contribution in [1.82, 2.24) is 0 Å².